The first-order valence-corrected chi connectivity index (χ1v) is 4.57. The molecule has 2 rings (SSSR count). The average molecular weight is 261 g/mol. The van der Waals surface area contributed by atoms with E-state index in [0.717, 1.165) is 11.0 Å². The second kappa shape index (κ2) is 6.88. The molecule has 0 bridgehead atoms. The molecule has 0 atom stereocenters. The van der Waals surface area contributed by atoms with Crippen molar-refractivity contribution in [1.82, 2.24) is 9.55 Å². The first-order valence-electron chi connectivity index (χ1n) is 4.57. The monoisotopic (exact) mass is 260 g/mol. The van der Waals surface area contributed by atoms with E-state index >= 15 is 0 Å². The predicted octanol–water partition coefficient (Wildman–Crippen LogP) is -0.288. The van der Waals surface area contributed by atoms with E-state index in [1.807, 2.05) is 44.8 Å². The summed E-state index contributed by atoms with van der Waals surface area (Å²) in [6.45, 7) is 6.04. The summed E-state index contributed by atoms with van der Waals surface area (Å²) in [5.41, 5.74) is 2.18. The average Bonchev–Trinajstić information content (AvgIpc) is 2.51. The van der Waals surface area contributed by atoms with E-state index < -0.39 is 0 Å². The van der Waals surface area contributed by atoms with Gasteiger partial charge in [-0.3, -0.25) is 0 Å². The molecule has 0 saturated heterocycles. The van der Waals surface area contributed by atoms with Crippen molar-refractivity contribution in [3.8, 4) is 0 Å². The maximum absolute atomic E-state index is 4.27. The first kappa shape index (κ1) is 14.5. The number of hydrogen-bond acceptors (Lipinski definition) is 1. The van der Waals surface area contributed by atoms with Crippen molar-refractivity contribution in [2.75, 3.05) is 0 Å². The quantitative estimate of drug-likeness (QED) is 0.596. The summed E-state index contributed by atoms with van der Waals surface area (Å²) in [6.07, 6.45) is 3.77. The van der Waals surface area contributed by atoms with Gasteiger partial charge in [0.15, 0.2) is 0 Å². The molecule has 2 aromatic rings. The minimum atomic E-state index is 0. The Labute approximate surface area is 135 Å². The van der Waals surface area contributed by atoms with Crippen LogP contribution < -0.4 is 58.2 Å². The molecule has 0 spiro atoms. The van der Waals surface area contributed by atoms with E-state index in [-0.39, 0.29) is 58.2 Å². The van der Waals surface area contributed by atoms with Gasteiger partial charge in [0.1, 0.15) is 0 Å². The summed E-state index contributed by atoms with van der Waals surface area (Å²) >= 11 is 0. The Morgan fingerprint density at radius 1 is 1.36 bits per heavy atom. The van der Waals surface area contributed by atoms with Crippen LogP contribution in [0, 0.1) is 13.0 Å². The van der Waals surface area contributed by atoms with E-state index in [2.05, 4.69) is 17.1 Å². The summed E-state index contributed by atoms with van der Waals surface area (Å²) in [6, 6.07) is 5.21. The van der Waals surface area contributed by atoms with Crippen LogP contribution in [0.1, 0.15) is 19.4 Å². The molecular formula is C11H15N2Rb. The van der Waals surface area contributed by atoms with Gasteiger partial charge in [0.25, 0.3) is 0 Å². The normalized spacial score (nSPS) is 8.86. The van der Waals surface area contributed by atoms with Crippen molar-refractivity contribution in [2.24, 2.45) is 7.05 Å². The zero-order valence-corrected chi connectivity index (χ0v) is 14.5. The molecular weight excluding hydrogens is 246 g/mol. The molecule has 0 aliphatic heterocycles. The molecule has 70 valence electrons. The smallest absolute Gasteiger partial charge is 0.399 e. The first-order chi connectivity index (χ1) is 6.27. The SMILES string of the molecule is CC.Cc1cnc2c([c-]cn2C)c1.[Rb+]. The van der Waals surface area contributed by atoms with Crippen molar-refractivity contribution in [3.05, 3.63) is 30.1 Å². The van der Waals surface area contributed by atoms with Gasteiger partial charge in [-0.1, -0.05) is 25.6 Å². The third-order valence-electron chi connectivity index (χ3n) is 1.75. The van der Waals surface area contributed by atoms with E-state index in [1.54, 1.807) is 0 Å². The molecule has 0 fully saturated rings. The zero-order chi connectivity index (χ0) is 9.84. The summed E-state index contributed by atoms with van der Waals surface area (Å²) in [4.78, 5) is 4.27. The number of hydrogen-bond donors (Lipinski definition) is 0. The number of rotatable bonds is 0. The van der Waals surface area contributed by atoms with Crippen molar-refractivity contribution in [1.29, 1.82) is 0 Å². The molecule has 0 aromatic carbocycles. The van der Waals surface area contributed by atoms with Crippen molar-refractivity contribution >= 4 is 11.0 Å². The zero-order valence-electron chi connectivity index (χ0n) is 9.63. The Morgan fingerprint density at radius 3 is 2.64 bits per heavy atom. The Hall–Kier alpha value is 0.495. The molecule has 3 heteroatoms. The van der Waals surface area contributed by atoms with Crippen molar-refractivity contribution < 1.29 is 58.2 Å². The molecule has 0 saturated carbocycles. The number of pyridine rings is 1. The third kappa shape index (κ3) is 3.26. The van der Waals surface area contributed by atoms with Crippen LogP contribution in [0.4, 0.5) is 0 Å². The van der Waals surface area contributed by atoms with Gasteiger partial charge in [-0.15, -0.1) is 5.39 Å². The van der Waals surface area contributed by atoms with Crippen LogP contribution in [0.25, 0.3) is 11.0 Å². The Bertz CT molecular complexity index is 393. The molecule has 0 amide bonds. The van der Waals surface area contributed by atoms with Gasteiger partial charge >= 0.3 is 58.2 Å². The van der Waals surface area contributed by atoms with Gasteiger partial charge in [-0.25, -0.2) is 0 Å². The molecule has 0 aliphatic rings. The number of aromatic nitrogens is 2. The number of nitrogens with zero attached hydrogens (tertiary/aromatic N) is 2. The van der Waals surface area contributed by atoms with E-state index in [0.29, 0.717) is 0 Å². The van der Waals surface area contributed by atoms with Gasteiger partial charge in [0.2, 0.25) is 0 Å². The maximum Gasteiger partial charge on any atom is 1.00 e. The van der Waals surface area contributed by atoms with E-state index in [1.165, 1.54) is 5.56 Å². The fourth-order valence-electron chi connectivity index (χ4n) is 1.18. The fraction of sp³-hybridized carbons (Fsp3) is 0.364. The molecule has 2 heterocycles. The molecule has 2 nitrogen and oxygen atoms in total. The summed E-state index contributed by atoms with van der Waals surface area (Å²) in [5, 5.41) is 1.09. The van der Waals surface area contributed by atoms with Gasteiger partial charge in [0.05, 0.1) is 0 Å². The van der Waals surface area contributed by atoms with Crippen LogP contribution in [-0.4, -0.2) is 9.55 Å². The molecule has 14 heavy (non-hydrogen) atoms. The van der Waals surface area contributed by atoms with Crippen molar-refractivity contribution in [3.63, 3.8) is 0 Å². The fourth-order valence-corrected chi connectivity index (χ4v) is 1.18. The van der Waals surface area contributed by atoms with Crippen molar-refractivity contribution in [2.45, 2.75) is 20.8 Å². The minimum absolute atomic E-state index is 0. The Balaban J connectivity index is 0.000000531. The van der Waals surface area contributed by atoms with Crippen LogP contribution in [0.3, 0.4) is 0 Å². The predicted molar refractivity (Wildman–Crippen MR) is 55.6 cm³/mol. The van der Waals surface area contributed by atoms with Crippen LogP contribution >= 0.6 is 0 Å². The number of aryl methyl sites for hydroxylation is 2. The molecule has 0 aliphatic carbocycles. The van der Waals surface area contributed by atoms with Gasteiger partial charge in [-0.05, 0) is 14.0 Å². The third-order valence-corrected chi connectivity index (χ3v) is 1.75. The van der Waals surface area contributed by atoms with Gasteiger partial charge in [0, 0.05) is 11.8 Å². The van der Waals surface area contributed by atoms with Crippen LogP contribution in [0.15, 0.2) is 18.5 Å². The second-order valence-corrected chi connectivity index (χ2v) is 2.77. The largest absolute Gasteiger partial charge is 1.00 e. The van der Waals surface area contributed by atoms with E-state index in [9.17, 15) is 0 Å². The Kier molecular flexibility index (Phi) is 7.13. The second-order valence-electron chi connectivity index (χ2n) is 2.77. The number of fused-ring (bicyclic) bond motifs is 1. The van der Waals surface area contributed by atoms with Gasteiger partial charge in [-0.2, -0.15) is 12.1 Å². The van der Waals surface area contributed by atoms with Gasteiger partial charge < -0.3 is 9.55 Å². The molecule has 0 radical (unpaired) electrons. The summed E-state index contributed by atoms with van der Waals surface area (Å²) in [5.74, 6) is 0. The topological polar surface area (TPSA) is 17.8 Å². The molecule has 0 unspecified atom stereocenters. The maximum atomic E-state index is 4.27. The van der Waals surface area contributed by atoms with E-state index in [4.69, 9.17) is 0 Å². The molecule has 0 N–H and O–H groups in total. The van der Waals surface area contributed by atoms with Crippen LogP contribution in [-0.2, 0) is 7.05 Å². The standard InChI is InChI=1S/C9H9N2.C2H6.Rb/c1-7-5-8-3-4-11(2)9(8)10-6-7;1-2;/h4-6H,1-2H3;1-2H3;/q-1;;+1. The summed E-state index contributed by atoms with van der Waals surface area (Å²) < 4.78 is 1.97. The minimum Gasteiger partial charge on any atom is -0.399 e. The van der Waals surface area contributed by atoms with Crippen LogP contribution in [0.5, 0.6) is 0 Å². The summed E-state index contributed by atoms with van der Waals surface area (Å²) in [7, 11) is 1.97. The molecule has 2 aromatic heterocycles. The van der Waals surface area contributed by atoms with Crippen LogP contribution in [0.2, 0.25) is 0 Å². The Morgan fingerprint density at radius 2 is 2.00 bits per heavy atom.